The fourth-order valence-corrected chi connectivity index (χ4v) is 2.64. The highest BCUT2D eigenvalue weighted by Crippen LogP contribution is 2.33. The molecule has 0 aliphatic heterocycles. The second-order valence-electron chi connectivity index (χ2n) is 4.51. The van der Waals surface area contributed by atoms with Gasteiger partial charge in [0.1, 0.15) is 5.01 Å². The van der Waals surface area contributed by atoms with Gasteiger partial charge in [0.25, 0.3) is 0 Å². The lowest BCUT2D eigenvalue weighted by molar-refractivity contribution is 0.592. The van der Waals surface area contributed by atoms with E-state index in [9.17, 15) is 0 Å². The molecule has 0 amide bonds. The molecule has 0 aromatic carbocycles. The third kappa shape index (κ3) is 3.58. The predicted molar refractivity (Wildman–Crippen MR) is 65.3 cm³/mol. The molecule has 84 valence electrons. The van der Waals surface area contributed by atoms with E-state index >= 15 is 0 Å². The molecule has 0 radical (unpaired) electrons. The van der Waals surface area contributed by atoms with Crippen LogP contribution in [0.3, 0.4) is 0 Å². The molecule has 2 rings (SSSR count). The summed E-state index contributed by atoms with van der Waals surface area (Å²) in [5.74, 6) is 1.07. The molecular weight excluding hydrogens is 204 g/mol. The minimum Gasteiger partial charge on any atom is -0.310 e. The minimum absolute atomic E-state index is 0.948. The number of thiazole rings is 1. The number of aryl methyl sites for hydroxylation is 2. The van der Waals surface area contributed by atoms with Crippen molar-refractivity contribution in [1.29, 1.82) is 0 Å². The minimum atomic E-state index is 0.948. The van der Waals surface area contributed by atoms with Crippen molar-refractivity contribution in [2.75, 3.05) is 6.54 Å². The quantitative estimate of drug-likeness (QED) is 0.751. The van der Waals surface area contributed by atoms with Gasteiger partial charge in [-0.1, -0.05) is 12.8 Å². The van der Waals surface area contributed by atoms with E-state index in [4.69, 9.17) is 0 Å². The predicted octanol–water partition coefficient (Wildman–Crippen LogP) is 3.04. The second-order valence-corrected chi connectivity index (χ2v) is 5.80. The smallest absolute Gasteiger partial charge is 0.107 e. The molecule has 0 saturated heterocycles. The number of nitrogens with zero attached hydrogens (tertiary/aromatic N) is 1. The average molecular weight is 224 g/mol. The molecule has 0 bridgehead atoms. The first-order valence-electron chi connectivity index (χ1n) is 5.89. The van der Waals surface area contributed by atoms with E-state index in [0.717, 1.165) is 19.0 Å². The van der Waals surface area contributed by atoms with Crippen LogP contribution in [0.2, 0.25) is 0 Å². The lowest BCUT2D eigenvalue weighted by atomic mass is 10.2. The molecule has 1 aliphatic rings. The Balaban J connectivity index is 1.60. The second kappa shape index (κ2) is 5.08. The number of hydrogen-bond donors (Lipinski definition) is 1. The highest BCUT2D eigenvalue weighted by Gasteiger charge is 2.19. The third-order valence-electron chi connectivity index (χ3n) is 3.01. The van der Waals surface area contributed by atoms with Crippen LogP contribution < -0.4 is 5.32 Å². The van der Waals surface area contributed by atoms with E-state index in [0.29, 0.717) is 0 Å². The van der Waals surface area contributed by atoms with Crippen LogP contribution in [0.5, 0.6) is 0 Å². The summed E-state index contributed by atoms with van der Waals surface area (Å²) in [5, 5.41) is 4.71. The van der Waals surface area contributed by atoms with Gasteiger partial charge in [-0.3, -0.25) is 0 Å². The van der Waals surface area contributed by atoms with Crippen molar-refractivity contribution in [2.45, 2.75) is 46.1 Å². The summed E-state index contributed by atoms with van der Waals surface area (Å²) in [5.41, 5.74) is 1.19. The van der Waals surface area contributed by atoms with Gasteiger partial charge >= 0.3 is 0 Å². The van der Waals surface area contributed by atoms with E-state index < -0.39 is 0 Å². The van der Waals surface area contributed by atoms with Gasteiger partial charge < -0.3 is 5.32 Å². The van der Waals surface area contributed by atoms with Gasteiger partial charge in [0, 0.05) is 11.4 Å². The summed E-state index contributed by atoms with van der Waals surface area (Å²) in [6.45, 7) is 6.32. The summed E-state index contributed by atoms with van der Waals surface area (Å²) in [4.78, 5) is 5.86. The number of nitrogens with one attached hydrogen (secondary N) is 1. The Labute approximate surface area is 96.1 Å². The van der Waals surface area contributed by atoms with Crippen LogP contribution in [0.1, 0.15) is 41.3 Å². The maximum Gasteiger partial charge on any atom is 0.107 e. The molecular formula is C12H20N2S. The Morgan fingerprint density at radius 3 is 2.80 bits per heavy atom. The molecule has 1 aliphatic carbocycles. The summed E-state index contributed by atoms with van der Waals surface area (Å²) < 4.78 is 0. The van der Waals surface area contributed by atoms with E-state index in [-0.39, 0.29) is 0 Å². The first-order valence-corrected chi connectivity index (χ1v) is 6.71. The van der Waals surface area contributed by atoms with E-state index in [1.807, 2.05) is 11.3 Å². The highest BCUT2D eigenvalue weighted by atomic mass is 32.1. The topological polar surface area (TPSA) is 24.9 Å². The molecule has 0 atom stereocenters. The third-order valence-corrected chi connectivity index (χ3v) is 4.08. The Morgan fingerprint density at radius 2 is 2.20 bits per heavy atom. The fraction of sp³-hybridized carbons (Fsp3) is 0.750. The molecule has 1 aromatic rings. The van der Waals surface area contributed by atoms with Crippen LogP contribution in [-0.2, 0) is 6.54 Å². The highest BCUT2D eigenvalue weighted by molar-refractivity contribution is 7.11. The average Bonchev–Trinajstić information content (AvgIpc) is 2.95. The summed E-state index contributed by atoms with van der Waals surface area (Å²) in [7, 11) is 0. The number of aromatic nitrogens is 1. The first-order chi connectivity index (χ1) is 7.25. The largest absolute Gasteiger partial charge is 0.310 e. The summed E-state index contributed by atoms with van der Waals surface area (Å²) in [6.07, 6.45) is 5.70. The van der Waals surface area contributed by atoms with Gasteiger partial charge in [0.2, 0.25) is 0 Å². The van der Waals surface area contributed by atoms with Crippen LogP contribution in [0.15, 0.2) is 0 Å². The van der Waals surface area contributed by atoms with Gasteiger partial charge in [-0.15, -0.1) is 11.3 Å². The molecule has 1 saturated carbocycles. The first kappa shape index (κ1) is 11.1. The molecule has 3 heteroatoms. The standard InChI is InChI=1S/C12H20N2S/c1-9-10(2)15-12(14-9)8-13-7-3-4-11-5-6-11/h11,13H,3-8H2,1-2H3. The molecule has 2 nitrogen and oxygen atoms in total. The van der Waals surface area contributed by atoms with Gasteiger partial charge in [0.15, 0.2) is 0 Å². The lowest BCUT2D eigenvalue weighted by Gasteiger charge is -2.01. The van der Waals surface area contributed by atoms with Gasteiger partial charge in [0.05, 0.1) is 5.69 Å². The maximum atomic E-state index is 4.51. The normalized spacial score (nSPS) is 15.9. The summed E-state index contributed by atoms with van der Waals surface area (Å²) >= 11 is 1.82. The van der Waals surface area contributed by atoms with Gasteiger partial charge in [-0.05, 0) is 39.2 Å². The Bertz CT molecular complexity index is 296. The van der Waals surface area contributed by atoms with Crippen LogP contribution in [-0.4, -0.2) is 11.5 Å². The SMILES string of the molecule is Cc1nc(CNCCCC2CC2)sc1C. The Hall–Kier alpha value is -0.410. The van der Waals surface area contributed by atoms with Gasteiger partial charge in [-0.2, -0.15) is 0 Å². The zero-order chi connectivity index (χ0) is 10.7. The molecule has 1 heterocycles. The number of hydrogen-bond acceptors (Lipinski definition) is 3. The molecule has 1 N–H and O–H groups in total. The van der Waals surface area contributed by atoms with Crippen molar-refractivity contribution < 1.29 is 0 Å². The summed E-state index contributed by atoms with van der Waals surface area (Å²) in [6, 6.07) is 0. The fourth-order valence-electron chi connectivity index (χ4n) is 1.73. The number of rotatable bonds is 6. The van der Waals surface area contributed by atoms with E-state index in [1.54, 1.807) is 0 Å². The van der Waals surface area contributed by atoms with Crippen molar-refractivity contribution in [3.8, 4) is 0 Å². The van der Waals surface area contributed by atoms with Crippen molar-refractivity contribution >= 4 is 11.3 Å². The van der Waals surface area contributed by atoms with Gasteiger partial charge in [-0.25, -0.2) is 4.98 Å². The van der Waals surface area contributed by atoms with Crippen LogP contribution >= 0.6 is 11.3 Å². The van der Waals surface area contributed by atoms with Crippen molar-refractivity contribution in [2.24, 2.45) is 5.92 Å². The van der Waals surface area contributed by atoms with Crippen molar-refractivity contribution in [1.82, 2.24) is 10.3 Å². The molecule has 0 spiro atoms. The molecule has 1 fully saturated rings. The van der Waals surface area contributed by atoms with Crippen molar-refractivity contribution in [3.05, 3.63) is 15.6 Å². The van der Waals surface area contributed by atoms with Crippen LogP contribution in [0, 0.1) is 19.8 Å². The lowest BCUT2D eigenvalue weighted by Crippen LogP contribution is -2.14. The van der Waals surface area contributed by atoms with Crippen LogP contribution in [0.4, 0.5) is 0 Å². The zero-order valence-corrected chi connectivity index (χ0v) is 10.5. The zero-order valence-electron chi connectivity index (χ0n) is 9.68. The molecule has 1 aromatic heterocycles. The monoisotopic (exact) mass is 224 g/mol. The molecule has 0 unspecified atom stereocenters. The molecule has 15 heavy (non-hydrogen) atoms. The van der Waals surface area contributed by atoms with E-state index in [2.05, 4.69) is 24.1 Å². The van der Waals surface area contributed by atoms with Crippen LogP contribution in [0.25, 0.3) is 0 Å². The Kier molecular flexibility index (Phi) is 3.76. The maximum absolute atomic E-state index is 4.51. The Morgan fingerprint density at radius 1 is 1.40 bits per heavy atom. The van der Waals surface area contributed by atoms with Crippen molar-refractivity contribution in [3.63, 3.8) is 0 Å². The van der Waals surface area contributed by atoms with E-state index in [1.165, 1.54) is 41.3 Å².